The molecule has 3 nitrogen and oxygen atoms in total. The highest BCUT2D eigenvalue weighted by atomic mass is 35.5. The number of benzene rings is 1. The Morgan fingerprint density at radius 2 is 2.22 bits per heavy atom. The van der Waals surface area contributed by atoms with Crippen LogP contribution in [0.2, 0.25) is 5.02 Å². The summed E-state index contributed by atoms with van der Waals surface area (Å²) >= 11 is 5.99. The van der Waals surface area contributed by atoms with Crippen molar-refractivity contribution in [2.45, 2.75) is 13.3 Å². The summed E-state index contributed by atoms with van der Waals surface area (Å²) in [6.45, 7) is 3.72. The summed E-state index contributed by atoms with van der Waals surface area (Å²) in [5, 5.41) is 0.713. The smallest absolute Gasteiger partial charge is 0.150 e. The molecule has 1 heterocycles. The number of hydrogen-bond acceptors (Lipinski definition) is 3. The average molecular weight is 288 g/mol. The molecule has 0 amide bonds. The summed E-state index contributed by atoms with van der Waals surface area (Å²) in [6.07, 6.45) is 0.777. The zero-order chi connectivity index (χ0) is 13.2. The van der Waals surface area contributed by atoms with E-state index in [0.717, 1.165) is 25.2 Å². The van der Waals surface area contributed by atoms with Crippen LogP contribution >= 0.6 is 11.6 Å². The molecule has 2 rings (SSSR count). The Labute approximate surface area is 114 Å². The normalized spacial score (nSPS) is 22.0. The molecule has 100 valence electrons. The van der Waals surface area contributed by atoms with Crippen molar-refractivity contribution in [3.05, 3.63) is 29.3 Å². The van der Waals surface area contributed by atoms with Crippen LogP contribution in [-0.4, -0.2) is 33.0 Å². The minimum absolute atomic E-state index is 0.244. The van der Waals surface area contributed by atoms with E-state index in [1.165, 1.54) is 0 Å². The summed E-state index contributed by atoms with van der Waals surface area (Å²) in [7, 11) is -2.79. The first-order valence-corrected chi connectivity index (χ1v) is 8.41. The number of rotatable bonds is 4. The topological polar surface area (TPSA) is 37.4 Å². The van der Waals surface area contributed by atoms with Gasteiger partial charge in [0.1, 0.15) is 0 Å². The molecule has 0 N–H and O–H groups in total. The SMILES string of the molecule is CCN(CC1CCS(=O)(=O)C1)c1cccc(Cl)c1. The summed E-state index contributed by atoms with van der Waals surface area (Å²) in [5.41, 5.74) is 1.06. The van der Waals surface area contributed by atoms with Gasteiger partial charge in [0, 0.05) is 23.8 Å². The first-order chi connectivity index (χ1) is 8.50. The average Bonchev–Trinajstić information content (AvgIpc) is 2.65. The van der Waals surface area contributed by atoms with Gasteiger partial charge in [-0.3, -0.25) is 0 Å². The Bertz CT molecular complexity index is 515. The first-order valence-electron chi connectivity index (χ1n) is 6.21. The molecule has 1 atom stereocenters. The first kappa shape index (κ1) is 13.7. The molecule has 0 spiro atoms. The maximum Gasteiger partial charge on any atom is 0.150 e. The molecule has 1 aliphatic rings. The third-order valence-corrected chi connectivity index (χ3v) is 5.43. The van der Waals surface area contributed by atoms with Gasteiger partial charge >= 0.3 is 0 Å². The van der Waals surface area contributed by atoms with Crippen LogP contribution in [0.3, 0.4) is 0 Å². The van der Waals surface area contributed by atoms with Crippen molar-refractivity contribution in [3.8, 4) is 0 Å². The molecule has 0 bridgehead atoms. The minimum atomic E-state index is -2.79. The lowest BCUT2D eigenvalue weighted by Crippen LogP contribution is -2.29. The Hall–Kier alpha value is -0.740. The molecule has 1 aromatic rings. The number of hydrogen-bond donors (Lipinski definition) is 0. The maximum atomic E-state index is 11.5. The molecule has 1 aromatic carbocycles. The van der Waals surface area contributed by atoms with E-state index >= 15 is 0 Å². The highest BCUT2D eigenvalue weighted by Crippen LogP contribution is 2.24. The zero-order valence-electron chi connectivity index (χ0n) is 10.5. The van der Waals surface area contributed by atoms with Crippen molar-refractivity contribution < 1.29 is 8.42 Å². The van der Waals surface area contributed by atoms with Crippen molar-refractivity contribution in [1.82, 2.24) is 0 Å². The number of anilines is 1. The Kier molecular flexibility index (Phi) is 4.17. The van der Waals surface area contributed by atoms with Gasteiger partial charge in [-0.15, -0.1) is 0 Å². The molecule has 0 aliphatic carbocycles. The summed E-state index contributed by atoms with van der Waals surface area (Å²) < 4.78 is 22.9. The van der Waals surface area contributed by atoms with E-state index in [1.807, 2.05) is 24.3 Å². The van der Waals surface area contributed by atoms with Crippen molar-refractivity contribution >= 4 is 27.1 Å². The minimum Gasteiger partial charge on any atom is -0.371 e. The van der Waals surface area contributed by atoms with Crippen molar-refractivity contribution in [1.29, 1.82) is 0 Å². The summed E-state index contributed by atoms with van der Waals surface area (Å²) in [5.74, 6) is 0.906. The second-order valence-corrected chi connectivity index (χ2v) is 7.45. The van der Waals surface area contributed by atoms with Crippen LogP contribution in [0.5, 0.6) is 0 Å². The lowest BCUT2D eigenvalue weighted by Gasteiger charge is -2.26. The van der Waals surface area contributed by atoms with Gasteiger partial charge in [-0.1, -0.05) is 17.7 Å². The number of sulfone groups is 1. The molecule has 1 unspecified atom stereocenters. The zero-order valence-corrected chi connectivity index (χ0v) is 12.0. The van der Waals surface area contributed by atoms with Crippen molar-refractivity contribution in [2.24, 2.45) is 5.92 Å². The second kappa shape index (κ2) is 5.49. The molecule has 18 heavy (non-hydrogen) atoms. The molecular formula is C13H18ClNO2S. The quantitative estimate of drug-likeness (QED) is 0.854. The van der Waals surface area contributed by atoms with E-state index in [0.29, 0.717) is 16.5 Å². The maximum absolute atomic E-state index is 11.5. The lowest BCUT2D eigenvalue weighted by molar-refractivity contribution is 0.571. The number of halogens is 1. The van der Waals surface area contributed by atoms with Gasteiger partial charge in [0.25, 0.3) is 0 Å². The fourth-order valence-electron chi connectivity index (χ4n) is 2.42. The van der Waals surface area contributed by atoms with Crippen molar-refractivity contribution in [3.63, 3.8) is 0 Å². The fourth-order valence-corrected chi connectivity index (χ4v) is 4.45. The molecule has 1 saturated heterocycles. The summed E-state index contributed by atoms with van der Waals surface area (Å²) in [6, 6.07) is 7.71. The van der Waals surface area contributed by atoms with Crippen molar-refractivity contribution in [2.75, 3.05) is 29.5 Å². The molecule has 5 heteroatoms. The molecule has 1 aliphatic heterocycles. The predicted octanol–water partition coefficient (Wildman–Crippen LogP) is 2.60. The van der Waals surface area contributed by atoms with Crippen LogP contribution in [0.15, 0.2) is 24.3 Å². The molecule has 0 radical (unpaired) electrons. The number of nitrogens with zero attached hydrogens (tertiary/aromatic N) is 1. The lowest BCUT2D eigenvalue weighted by atomic mass is 10.1. The van der Waals surface area contributed by atoms with Gasteiger partial charge < -0.3 is 4.90 Å². The molecular weight excluding hydrogens is 270 g/mol. The van der Waals surface area contributed by atoms with Gasteiger partial charge in [-0.05, 0) is 37.5 Å². The van der Waals surface area contributed by atoms with E-state index < -0.39 is 9.84 Å². The van der Waals surface area contributed by atoms with Crippen LogP contribution < -0.4 is 4.90 Å². The van der Waals surface area contributed by atoms with Crippen LogP contribution in [0.1, 0.15) is 13.3 Å². The van der Waals surface area contributed by atoms with Crippen LogP contribution in [0.25, 0.3) is 0 Å². The Morgan fingerprint density at radius 1 is 1.44 bits per heavy atom. The molecule has 0 saturated carbocycles. The largest absolute Gasteiger partial charge is 0.371 e. The van der Waals surface area contributed by atoms with E-state index in [9.17, 15) is 8.42 Å². The summed E-state index contributed by atoms with van der Waals surface area (Å²) in [4.78, 5) is 2.19. The van der Waals surface area contributed by atoms with Gasteiger partial charge in [0.15, 0.2) is 9.84 Å². The fraction of sp³-hybridized carbons (Fsp3) is 0.538. The van der Waals surface area contributed by atoms with E-state index in [-0.39, 0.29) is 5.92 Å². The Balaban J connectivity index is 2.06. The van der Waals surface area contributed by atoms with E-state index in [1.54, 1.807) is 0 Å². The van der Waals surface area contributed by atoms with Crippen LogP contribution in [0, 0.1) is 5.92 Å². The monoisotopic (exact) mass is 287 g/mol. The van der Waals surface area contributed by atoms with Gasteiger partial charge in [-0.25, -0.2) is 8.42 Å². The molecule has 0 aromatic heterocycles. The second-order valence-electron chi connectivity index (χ2n) is 4.79. The van der Waals surface area contributed by atoms with Gasteiger partial charge in [-0.2, -0.15) is 0 Å². The van der Waals surface area contributed by atoms with Gasteiger partial charge in [0.05, 0.1) is 11.5 Å². The standard InChI is InChI=1S/C13H18ClNO2S/c1-2-15(13-5-3-4-12(14)8-13)9-11-6-7-18(16,17)10-11/h3-5,8,11H,2,6-7,9-10H2,1H3. The van der Waals surface area contributed by atoms with E-state index in [4.69, 9.17) is 11.6 Å². The van der Waals surface area contributed by atoms with Crippen LogP contribution in [0.4, 0.5) is 5.69 Å². The van der Waals surface area contributed by atoms with Crippen LogP contribution in [-0.2, 0) is 9.84 Å². The third kappa shape index (κ3) is 3.39. The van der Waals surface area contributed by atoms with Gasteiger partial charge in [0.2, 0.25) is 0 Å². The van der Waals surface area contributed by atoms with E-state index in [2.05, 4.69) is 11.8 Å². The highest BCUT2D eigenvalue weighted by Gasteiger charge is 2.29. The predicted molar refractivity (Wildman–Crippen MR) is 76.1 cm³/mol. The highest BCUT2D eigenvalue weighted by molar-refractivity contribution is 7.91. The third-order valence-electron chi connectivity index (χ3n) is 3.36. The Morgan fingerprint density at radius 3 is 2.78 bits per heavy atom. The molecule has 1 fully saturated rings.